The first-order valence-corrected chi connectivity index (χ1v) is 7.52. The number of nitrogens with zero attached hydrogens (tertiary/aromatic N) is 1. The lowest BCUT2D eigenvalue weighted by molar-refractivity contribution is -0.157. The van der Waals surface area contributed by atoms with Crippen LogP contribution < -0.4 is 5.32 Å². The van der Waals surface area contributed by atoms with E-state index >= 15 is 0 Å². The molecule has 6 heteroatoms. The molecule has 1 N–H and O–H groups in total. The van der Waals surface area contributed by atoms with Gasteiger partial charge in [0.25, 0.3) is 5.91 Å². The number of ether oxygens (including phenoxy) is 1. The molecule has 1 aliphatic heterocycles. The van der Waals surface area contributed by atoms with Crippen LogP contribution in [0.4, 0.5) is 4.79 Å². The number of carbonyl (C=O) groups excluding carboxylic acids is 3. The van der Waals surface area contributed by atoms with Crippen LogP contribution in [-0.2, 0) is 14.3 Å². The molecule has 0 aromatic carbocycles. The second-order valence-corrected chi connectivity index (χ2v) is 7.03. The number of urea groups is 1. The molecule has 0 aromatic rings. The predicted octanol–water partition coefficient (Wildman–Crippen LogP) is 1.83. The maximum atomic E-state index is 12.6. The van der Waals surface area contributed by atoms with Crippen LogP contribution in [0.25, 0.3) is 0 Å². The zero-order valence-corrected chi connectivity index (χ0v) is 13.2. The van der Waals surface area contributed by atoms with Crippen LogP contribution in [0.1, 0.15) is 53.4 Å². The Bertz CT molecular complexity index is 469. The monoisotopic (exact) mass is 296 g/mol. The minimum Gasteiger partial charge on any atom is -0.459 e. The van der Waals surface area contributed by atoms with Crippen molar-refractivity contribution >= 4 is 17.9 Å². The van der Waals surface area contributed by atoms with Crippen molar-refractivity contribution in [3.8, 4) is 0 Å². The molecule has 0 bridgehead atoms. The Labute approximate surface area is 125 Å². The van der Waals surface area contributed by atoms with Gasteiger partial charge >= 0.3 is 12.0 Å². The Morgan fingerprint density at radius 3 is 2.62 bits per heavy atom. The molecule has 3 amide bonds. The van der Waals surface area contributed by atoms with E-state index < -0.39 is 23.1 Å². The standard InChI is InChI=1S/C15H24N2O4/c1-10-7-5-6-8-15(10)12(19)17(13(20)16-15)9-11(18)21-14(2,3)4/h10H,5-9H2,1-4H3,(H,16,20)/t10-,15+/m0/s1. The fourth-order valence-corrected chi connectivity index (χ4v) is 3.14. The minimum atomic E-state index is -0.822. The highest BCUT2D eigenvalue weighted by Gasteiger charge is 2.55. The van der Waals surface area contributed by atoms with Crippen molar-refractivity contribution in [2.24, 2.45) is 5.92 Å². The third-order valence-corrected chi connectivity index (χ3v) is 4.21. The quantitative estimate of drug-likeness (QED) is 0.623. The molecule has 2 aliphatic rings. The average molecular weight is 296 g/mol. The van der Waals surface area contributed by atoms with Gasteiger partial charge in [-0.2, -0.15) is 0 Å². The van der Waals surface area contributed by atoms with E-state index in [0.29, 0.717) is 6.42 Å². The Hall–Kier alpha value is -1.59. The van der Waals surface area contributed by atoms with Gasteiger partial charge in [0.05, 0.1) is 0 Å². The molecule has 0 radical (unpaired) electrons. The van der Waals surface area contributed by atoms with Crippen molar-refractivity contribution in [2.45, 2.75) is 64.5 Å². The summed E-state index contributed by atoms with van der Waals surface area (Å²) in [4.78, 5) is 37.6. The van der Waals surface area contributed by atoms with Gasteiger partial charge in [-0.1, -0.05) is 19.8 Å². The Morgan fingerprint density at radius 1 is 1.38 bits per heavy atom. The van der Waals surface area contributed by atoms with E-state index in [1.807, 2.05) is 6.92 Å². The largest absolute Gasteiger partial charge is 0.459 e. The molecule has 1 spiro atoms. The van der Waals surface area contributed by atoms with E-state index in [1.54, 1.807) is 20.8 Å². The highest BCUT2D eigenvalue weighted by atomic mass is 16.6. The summed E-state index contributed by atoms with van der Waals surface area (Å²) in [7, 11) is 0. The first kappa shape index (κ1) is 15.8. The summed E-state index contributed by atoms with van der Waals surface area (Å²) in [5.41, 5.74) is -1.45. The van der Waals surface area contributed by atoms with Gasteiger partial charge in [-0.15, -0.1) is 0 Å². The average Bonchev–Trinajstić information content (AvgIpc) is 2.56. The first-order valence-electron chi connectivity index (χ1n) is 7.52. The molecule has 0 aromatic heterocycles. The molecule has 1 aliphatic carbocycles. The summed E-state index contributed by atoms with van der Waals surface area (Å²) >= 11 is 0. The van der Waals surface area contributed by atoms with Gasteiger partial charge in [0.1, 0.15) is 17.7 Å². The number of hydrogen-bond acceptors (Lipinski definition) is 4. The van der Waals surface area contributed by atoms with Crippen LogP contribution in [0.2, 0.25) is 0 Å². The number of rotatable bonds is 2. The van der Waals surface area contributed by atoms with Crippen LogP contribution in [0.3, 0.4) is 0 Å². The van der Waals surface area contributed by atoms with Gasteiger partial charge < -0.3 is 10.1 Å². The molecule has 1 saturated heterocycles. The van der Waals surface area contributed by atoms with Gasteiger partial charge in [0.2, 0.25) is 0 Å². The van der Waals surface area contributed by atoms with Crippen molar-refractivity contribution < 1.29 is 19.1 Å². The second kappa shape index (κ2) is 5.31. The summed E-state index contributed by atoms with van der Waals surface area (Å²) in [5, 5.41) is 2.82. The molecule has 0 unspecified atom stereocenters. The van der Waals surface area contributed by atoms with Crippen LogP contribution >= 0.6 is 0 Å². The summed E-state index contributed by atoms with van der Waals surface area (Å²) < 4.78 is 5.19. The number of carbonyl (C=O) groups is 3. The number of esters is 1. The molecule has 118 valence electrons. The van der Waals surface area contributed by atoms with Gasteiger partial charge in [0.15, 0.2) is 0 Å². The van der Waals surface area contributed by atoms with Crippen molar-refractivity contribution in [1.29, 1.82) is 0 Å². The smallest absolute Gasteiger partial charge is 0.326 e. The molecule has 2 atom stereocenters. The molecular weight excluding hydrogens is 272 g/mol. The fourth-order valence-electron chi connectivity index (χ4n) is 3.14. The van der Waals surface area contributed by atoms with Crippen molar-refractivity contribution in [2.75, 3.05) is 6.54 Å². The summed E-state index contributed by atoms with van der Waals surface area (Å²) in [5.74, 6) is -0.761. The second-order valence-electron chi connectivity index (χ2n) is 7.03. The van der Waals surface area contributed by atoms with Crippen molar-refractivity contribution in [3.63, 3.8) is 0 Å². The zero-order chi connectivity index (χ0) is 15.8. The summed E-state index contributed by atoms with van der Waals surface area (Å²) in [6.45, 7) is 6.91. The maximum Gasteiger partial charge on any atom is 0.326 e. The third kappa shape index (κ3) is 3.04. The van der Waals surface area contributed by atoms with E-state index in [0.717, 1.165) is 24.2 Å². The van der Waals surface area contributed by atoms with Crippen LogP contribution in [0, 0.1) is 5.92 Å². The number of hydrogen-bond donors (Lipinski definition) is 1. The minimum absolute atomic E-state index is 0.0892. The maximum absolute atomic E-state index is 12.6. The molecule has 2 fully saturated rings. The van der Waals surface area contributed by atoms with E-state index in [4.69, 9.17) is 4.74 Å². The molecule has 21 heavy (non-hydrogen) atoms. The van der Waals surface area contributed by atoms with Crippen molar-refractivity contribution in [1.82, 2.24) is 10.2 Å². The van der Waals surface area contributed by atoms with Gasteiger partial charge in [-0.25, -0.2) is 4.79 Å². The number of imide groups is 1. The number of nitrogens with one attached hydrogen (secondary N) is 1. The van der Waals surface area contributed by atoms with E-state index in [9.17, 15) is 14.4 Å². The highest BCUT2D eigenvalue weighted by Crippen LogP contribution is 2.38. The topological polar surface area (TPSA) is 75.7 Å². The summed E-state index contributed by atoms with van der Waals surface area (Å²) in [6.07, 6.45) is 3.53. The normalized spacial score (nSPS) is 29.7. The van der Waals surface area contributed by atoms with Crippen LogP contribution in [0.5, 0.6) is 0 Å². The SMILES string of the molecule is C[C@H]1CCCC[C@@]12NC(=O)N(CC(=O)OC(C)(C)C)C2=O. The lowest BCUT2D eigenvalue weighted by atomic mass is 9.73. The van der Waals surface area contributed by atoms with Gasteiger partial charge in [-0.3, -0.25) is 14.5 Å². The summed E-state index contributed by atoms with van der Waals surface area (Å²) in [6, 6.07) is -0.486. The zero-order valence-electron chi connectivity index (χ0n) is 13.2. The van der Waals surface area contributed by atoms with Gasteiger partial charge in [0, 0.05) is 0 Å². The third-order valence-electron chi connectivity index (χ3n) is 4.21. The number of amides is 3. The van der Waals surface area contributed by atoms with Crippen LogP contribution in [0.15, 0.2) is 0 Å². The molecule has 6 nitrogen and oxygen atoms in total. The molecule has 2 rings (SSSR count). The molecule has 1 saturated carbocycles. The first-order chi connectivity index (χ1) is 9.66. The molecular formula is C15H24N2O4. The van der Waals surface area contributed by atoms with E-state index in [2.05, 4.69) is 5.32 Å². The van der Waals surface area contributed by atoms with E-state index in [-0.39, 0.29) is 18.4 Å². The Kier molecular flexibility index (Phi) is 4.00. The van der Waals surface area contributed by atoms with Gasteiger partial charge in [-0.05, 0) is 39.5 Å². The molecule has 1 heterocycles. The Balaban J connectivity index is 2.10. The fraction of sp³-hybridized carbons (Fsp3) is 0.800. The van der Waals surface area contributed by atoms with E-state index in [1.165, 1.54) is 0 Å². The van der Waals surface area contributed by atoms with Crippen LogP contribution in [-0.4, -0.2) is 40.5 Å². The predicted molar refractivity (Wildman–Crippen MR) is 76.5 cm³/mol. The highest BCUT2D eigenvalue weighted by molar-refractivity contribution is 6.08. The lowest BCUT2D eigenvalue weighted by Gasteiger charge is -2.36. The lowest BCUT2D eigenvalue weighted by Crippen LogP contribution is -2.54. The van der Waals surface area contributed by atoms with Crippen molar-refractivity contribution in [3.05, 3.63) is 0 Å². The Morgan fingerprint density at radius 2 is 2.05 bits per heavy atom.